The summed E-state index contributed by atoms with van der Waals surface area (Å²) >= 11 is 6.92. The summed E-state index contributed by atoms with van der Waals surface area (Å²) < 4.78 is 46.9. The molecule has 0 atom stereocenters. The highest BCUT2D eigenvalue weighted by molar-refractivity contribution is 7.99. The molecule has 2 aromatic heterocycles. The molecule has 4 aromatic rings. The SMILES string of the molecule is O=C(CSc1nnc(-c2ccco2)n1-c1ccccc1)Nc1c(Cl)cccc1C(F)(F)F. The van der Waals surface area contributed by atoms with E-state index >= 15 is 0 Å². The quantitative estimate of drug-likeness (QED) is 0.348. The lowest BCUT2D eigenvalue weighted by atomic mass is 10.1. The molecule has 164 valence electrons. The van der Waals surface area contributed by atoms with Gasteiger partial charge in [0.1, 0.15) is 0 Å². The Morgan fingerprint density at radius 2 is 1.84 bits per heavy atom. The van der Waals surface area contributed by atoms with E-state index in [0.29, 0.717) is 16.7 Å². The van der Waals surface area contributed by atoms with Crippen molar-refractivity contribution in [3.05, 3.63) is 77.5 Å². The van der Waals surface area contributed by atoms with Crippen molar-refractivity contribution in [3.63, 3.8) is 0 Å². The molecule has 2 heterocycles. The fourth-order valence-corrected chi connectivity index (χ4v) is 3.91. The highest BCUT2D eigenvalue weighted by Gasteiger charge is 2.34. The minimum atomic E-state index is -4.66. The first-order chi connectivity index (χ1) is 15.3. The van der Waals surface area contributed by atoms with Gasteiger partial charge in [-0.2, -0.15) is 13.2 Å². The number of carbonyl (C=O) groups excluding carboxylic acids is 1. The molecule has 1 amide bonds. The molecule has 0 unspecified atom stereocenters. The van der Waals surface area contributed by atoms with E-state index in [-0.39, 0.29) is 10.8 Å². The van der Waals surface area contributed by atoms with E-state index in [2.05, 4.69) is 15.5 Å². The summed E-state index contributed by atoms with van der Waals surface area (Å²) in [5.41, 5.74) is -0.763. The smallest absolute Gasteiger partial charge is 0.418 e. The van der Waals surface area contributed by atoms with Crippen molar-refractivity contribution in [3.8, 4) is 17.3 Å². The van der Waals surface area contributed by atoms with Crippen LogP contribution in [-0.4, -0.2) is 26.4 Å². The predicted molar refractivity (Wildman–Crippen MR) is 115 cm³/mol. The van der Waals surface area contributed by atoms with Gasteiger partial charge in [0, 0.05) is 5.69 Å². The molecule has 2 aromatic carbocycles. The van der Waals surface area contributed by atoms with Crippen LogP contribution in [0.15, 0.2) is 76.5 Å². The molecule has 0 bridgehead atoms. The van der Waals surface area contributed by atoms with Gasteiger partial charge >= 0.3 is 6.18 Å². The number of thioether (sulfide) groups is 1. The maximum absolute atomic E-state index is 13.3. The Bertz CT molecular complexity index is 1230. The molecule has 0 radical (unpaired) electrons. The van der Waals surface area contributed by atoms with E-state index in [1.54, 1.807) is 16.7 Å². The van der Waals surface area contributed by atoms with Crippen LogP contribution < -0.4 is 5.32 Å². The van der Waals surface area contributed by atoms with Crippen LogP contribution in [0.4, 0.5) is 18.9 Å². The zero-order valence-electron chi connectivity index (χ0n) is 16.1. The molecular formula is C21H14ClF3N4O2S. The fourth-order valence-electron chi connectivity index (χ4n) is 2.93. The second-order valence-electron chi connectivity index (χ2n) is 6.45. The maximum atomic E-state index is 13.3. The number of anilines is 1. The maximum Gasteiger partial charge on any atom is 0.418 e. The van der Waals surface area contributed by atoms with E-state index in [1.165, 1.54) is 18.4 Å². The van der Waals surface area contributed by atoms with E-state index in [0.717, 1.165) is 23.5 Å². The van der Waals surface area contributed by atoms with Gasteiger partial charge in [0.15, 0.2) is 10.9 Å². The van der Waals surface area contributed by atoms with E-state index in [1.807, 2.05) is 30.3 Å². The van der Waals surface area contributed by atoms with Crippen molar-refractivity contribution in [2.45, 2.75) is 11.3 Å². The number of nitrogens with zero attached hydrogens (tertiary/aromatic N) is 3. The molecule has 0 saturated heterocycles. The van der Waals surface area contributed by atoms with Crippen molar-refractivity contribution in [1.82, 2.24) is 14.8 Å². The van der Waals surface area contributed by atoms with Gasteiger partial charge in [0.25, 0.3) is 0 Å². The largest absolute Gasteiger partial charge is 0.461 e. The third-order valence-corrected chi connectivity index (χ3v) is 5.55. The monoisotopic (exact) mass is 478 g/mol. The van der Waals surface area contributed by atoms with Crippen molar-refractivity contribution in [2.24, 2.45) is 0 Å². The number of rotatable bonds is 6. The van der Waals surface area contributed by atoms with Gasteiger partial charge < -0.3 is 9.73 Å². The first-order valence-electron chi connectivity index (χ1n) is 9.17. The molecule has 0 spiro atoms. The molecule has 6 nitrogen and oxygen atoms in total. The topological polar surface area (TPSA) is 73.0 Å². The van der Waals surface area contributed by atoms with Crippen LogP contribution in [-0.2, 0) is 11.0 Å². The Morgan fingerprint density at radius 3 is 2.53 bits per heavy atom. The van der Waals surface area contributed by atoms with Gasteiger partial charge in [-0.05, 0) is 36.4 Å². The number of amides is 1. The van der Waals surface area contributed by atoms with Crippen molar-refractivity contribution in [2.75, 3.05) is 11.1 Å². The summed E-state index contributed by atoms with van der Waals surface area (Å²) in [5, 5.41) is 10.7. The number of aromatic nitrogens is 3. The zero-order chi connectivity index (χ0) is 22.7. The van der Waals surface area contributed by atoms with Gasteiger partial charge in [-0.3, -0.25) is 9.36 Å². The summed E-state index contributed by atoms with van der Waals surface area (Å²) in [7, 11) is 0. The summed E-state index contributed by atoms with van der Waals surface area (Å²) in [6.07, 6.45) is -3.16. The number of halogens is 4. The van der Waals surface area contributed by atoms with Crippen LogP contribution in [0.1, 0.15) is 5.56 Å². The van der Waals surface area contributed by atoms with Crippen molar-refractivity contribution >= 4 is 35.0 Å². The predicted octanol–water partition coefficient (Wildman–Crippen LogP) is 5.93. The number of furan rings is 1. The summed E-state index contributed by atoms with van der Waals surface area (Å²) in [6.45, 7) is 0. The van der Waals surface area contributed by atoms with Crippen LogP contribution in [0.2, 0.25) is 5.02 Å². The van der Waals surface area contributed by atoms with Gasteiger partial charge in [0.2, 0.25) is 11.7 Å². The Balaban J connectivity index is 1.57. The standard InChI is InChI=1S/C21H14ClF3N4O2S/c22-15-9-4-8-14(21(23,24)25)18(15)26-17(30)12-32-20-28-27-19(16-10-5-11-31-16)29(20)13-6-2-1-3-7-13/h1-11H,12H2,(H,26,30). The molecular weight excluding hydrogens is 465 g/mol. The first kappa shape index (κ1) is 22.0. The minimum Gasteiger partial charge on any atom is -0.461 e. The van der Waals surface area contributed by atoms with E-state index in [4.69, 9.17) is 16.0 Å². The summed E-state index contributed by atoms with van der Waals surface area (Å²) in [4.78, 5) is 12.5. The zero-order valence-corrected chi connectivity index (χ0v) is 17.7. The van der Waals surface area contributed by atoms with Gasteiger partial charge in [-0.25, -0.2) is 0 Å². The fraction of sp³-hybridized carbons (Fsp3) is 0.0952. The van der Waals surface area contributed by atoms with E-state index in [9.17, 15) is 18.0 Å². The number of para-hydroxylation sites is 2. The van der Waals surface area contributed by atoms with Crippen LogP contribution in [0.5, 0.6) is 0 Å². The normalized spacial score (nSPS) is 11.5. The molecule has 0 fully saturated rings. The third-order valence-electron chi connectivity index (χ3n) is 4.31. The Labute approximate surface area is 189 Å². The molecule has 32 heavy (non-hydrogen) atoms. The van der Waals surface area contributed by atoms with Gasteiger partial charge in [-0.15, -0.1) is 10.2 Å². The number of nitrogens with one attached hydrogen (secondary N) is 1. The number of alkyl halides is 3. The van der Waals surface area contributed by atoms with E-state index < -0.39 is 23.3 Å². The highest BCUT2D eigenvalue weighted by atomic mass is 35.5. The second-order valence-corrected chi connectivity index (χ2v) is 7.80. The Morgan fingerprint density at radius 1 is 1.06 bits per heavy atom. The lowest BCUT2D eigenvalue weighted by Crippen LogP contribution is -2.18. The lowest BCUT2D eigenvalue weighted by Gasteiger charge is -2.15. The average Bonchev–Trinajstić information content (AvgIpc) is 3.43. The van der Waals surface area contributed by atoms with Gasteiger partial charge in [-0.1, -0.05) is 47.6 Å². The lowest BCUT2D eigenvalue weighted by molar-refractivity contribution is -0.137. The molecule has 1 N–H and O–H groups in total. The number of benzene rings is 2. The highest BCUT2D eigenvalue weighted by Crippen LogP contribution is 2.38. The molecule has 0 aliphatic heterocycles. The molecule has 0 aliphatic carbocycles. The molecule has 0 saturated carbocycles. The molecule has 4 rings (SSSR count). The van der Waals surface area contributed by atoms with Gasteiger partial charge in [0.05, 0.1) is 28.3 Å². The minimum absolute atomic E-state index is 0.203. The first-order valence-corrected chi connectivity index (χ1v) is 10.5. The Hall–Kier alpha value is -3.24. The number of hydrogen-bond donors (Lipinski definition) is 1. The van der Waals surface area contributed by atoms with Crippen molar-refractivity contribution in [1.29, 1.82) is 0 Å². The number of hydrogen-bond acceptors (Lipinski definition) is 5. The summed E-state index contributed by atoms with van der Waals surface area (Å²) in [5.74, 6) is 0.0138. The van der Waals surface area contributed by atoms with Crippen LogP contribution in [0.25, 0.3) is 17.3 Å². The Kier molecular flexibility index (Phi) is 6.24. The number of carbonyl (C=O) groups is 1. The second kappa shape index (κ2) is 9.09. The average molecular weight is 479 g/mol. The van der Waals surface area contributed by atoms with Crippen LogP contribution in [0.3, 0.4) is 0 Å². The summed E-state index contributed by atoms with van der Waals surface area (Å²) in [6, 6.07) is 15.9. The van der Waals surface area contributed by atoms with Crippen LogP contribution >= 0.6 is 23.4 Å². The third kappa shape index (κ3) is 4.66. The molecule has 0 aliphatic rings. The van der Waals surface area contributed by atoms with Crippen molar-refractivity contribution < 1.29 is 22.4 Å². The van der Waals surface area contributed by atoms with Crippen LogP contribution in [0, 0.1) is 0 Å². The molecule has 11 heteroatoms.